The molecule has 0 bridgehead atoms. The molecule has 2 heteroatoms. The molecule has 1 heterocycles. The predicted octanol–water partition coefficient (Wildman–Crippen LogP) is 4.31. The summed E-state index contributed by atoms with van der Waals surface area (Å²) in [7, 11) is 0. The number of alkyl halides is 1. The lowest BCUT2D eigenvalue weighted by Gasteiger charge is -2.39. The van der Waals surface area contributed by atoms with Crippen LogP contribution < -0.4 is 5.32 Å². The van der Waals surface area contributed by atoms with Crippen LogP contribution in [0.4, 0.5) is 0 Å². The molecule has 1 nitrogen and oxygen atoms in total. The summed E-state index contributed by atoms with van der Waals surface area (Å²) >= 11 is 7.21. The van der Waals surface area contributed by atoms with E-state index in [0.29, 0.717) is 0 Å². The number of halogens is 1. The maximum Gasteiger partial charge on any atom is 0.110 e. The quantitative estimate of drug-likeness (QED) is 0.829. The third kappa shape index (κ3) is 2.48. The SMILES string of the molecule is ClC(c1ccccc1)(c1ccccc1)C1CCCCN1. The van der Waals surface area contributed by atoms with Gasteiger partial charge in [0.05, 0.1) is 0 Å². The monoisotopic (exact) mass is 285 g/mol. The minimum Gasteiger partial charge on any atom is -0.312 e. The zero-order chi connectivity index (χ0) is 13.8. The third-order valence-electron chi connectivity index (χ3n) is 4.18. The van der Waals surface area contributed by atoms with E-state index in [-0.39, 0.29) is 6.04 Å². The molecule has 1 atom stereocenters. The Balaban J connectivity index is 2.07. The molecule has 0 radical (unpaired) electrons. The fraction of sp³-hybridized carbons (Fsp3) is 0.333. The Kier molecular flexibility index (Phi) is 4.09. The Morgan fingerprint density at radius 3 is 1.85 bits per heavy atom. The molecule has 1 aliphatic heterocycles. The third-order valence-corrected chi connectivity index (χ3v) is 4.88. The van der Waals surface area contributed by atoms with Crippen LogP contribution in [-0.2, 0) is 4.87 Å². The molecule has 1 saturated heterocycles. The summed E-state index contributed by atoms with van der Waals surface area (Å²) in [5.41, 5.74) is 2.35. The lowest BCUT2D eigenvalue weighted by atomic mass is 9.80. The normalized spacial score (nSPS) is 19.8. The summed E-state index contributed by atoms with van der Waals surface area (Å²) in [5, 5.41) is 3.62. The number of benzene rings is 2. The molecule has 1 aliphatic rings. The van der Waals surface area contributed by atoms with Gasteiger partial charge in [-0.1, -0.05) is 67.1 Å². The maximum atomic E-state index is 7.21. The lowest BCUT2D eigenvalue weighted by molar-refractivity contribution is 0.348. The van der Waals surface area contributed by atoms with Crippen molar-refractivity contribution in [2.45, 2.75) is 30.2 Å². The number of rotatable bonds is 3. The molecule has 0 aromatic heterocycles. The van der Waals surface area contributed by atoms with E-state index in [2.05, 4.69) is 53.8 Å². The molecule has 1 N–H and O–H groups in total. The van der Waals surface area contributed by atoms with Gasteiger partial charge in [0.15, 0.2) is 0 Å². The highest BCUT2D eigenvalue weighted by Crippen LogP contribution is 2.42. The second-order valence-corrected chi connectivity index (χ2v) is 6.04. The van der Waals surface area contributed by atoms with Crippen molar-refractivity contribution in [1.82, 2.24) is 5.32 Å². The molecule has 2 aromatic carbocycles. The summed E-state index contributed by atoms with van der Waals surface area (Å²) in [6, 6.07) is 21.2. The van der Waals surface area contributed by atoms with Crippen molar-refractivity contribution in [3.05, 3.63) is 71.8 Å². The average Bonchev–Trinajstić information content (AvgIpc) is 2.56. The van der Waals surface area contributed by atoms with E-state index >= 15 is 0 Å². The van der Waals surface area contributed by atoms with Gasteiger partial charge < -0.3 is 5.32 Å². The Labute approximate surface area is 126 Å². The number of nitrogens with one attached hydrogen (secondary N) is 1. The lowest BCUT2D eigenvalue weighted by Crippen LogP contribution is -2.48. The standard InChI is InChI=1S/C18H20ClN/c19-18(15-9-3-1-4-10-15,16-11-5-2-6-12-16)17-13-7-8-14-20-17/h1-6,9-12,17,20H,7-8,13-14H2. The van der Waals surface area contributed by atoms with Crippen LogP contribution in [-0.4, -0.2) is 12.6 Å². The zero-order valence-electron chi connectivity index (χ0n) is 11.6. The van der Waals surface area contributed by atoms with Crippen LogP contribution in [0.2, 0.25) is 0 Å². The van der Waals surface area contributed by atoms with Crippen molar-refractivity contribution in [3.63, 3.8) is 0 Å². The second-order valence-electron chi connectivity index (χ2n) is 5.45. The first-order valence-electron chi connectivity index (χ1n) is 7.35. The molecule has 3 rings (SSSR count). The van der Waals surface area contributed by atoms with Crippen molar-refractivity contribution >= 4 is 11.6 Å². The fourth-order valence-corrected chi connectivity index (χ4v) is 3.56. The van der Waals surface area contributed by atoms with Gasteiger partial charge in [0.25, 0.3) is 0 Å². The van der Waals surface area contributed by atoms with Crippen molar-refractivity contribution < 1.29 is 0 Å². The van der Waals surface area contributed by atoms with E-state index in [4.69, 9.17) is 11.6 Å². The van der Waals surface area contributed by atoms with Crippen molar-refractivity contribution in [2.75, 3.05) is 6.54 Å². The van der Waals surface area contributed by atoms with Crippen LogP contribution in [0.15, 0.2) is 60.7 Å². The van der Waals surface area contributed by atoms with Gasteiger partial charge in [-0.15, -0.1) is 11.6 Å². The minimum atomic E-state index is -0.483. The van der Waals surface area contributed by atoms with E-state index in [0.717, 1.165) is 13.0 Å². The van der Waals surface area contributed by atoms with E-state index < -0.39 is 4.87 Å². The molecule has 2 aromatic rings. The Hall–Kier alpha value is -1.31. The van der Waals surface area contributed by atoms with E-state index in [9.17, 15) is 0 Å². The van der Waals surface area contributed by atoms with Crippen molar-refractivity contribution in [3.8, 4) is 0 Å². The van der Waals surface area contributed by atoms with Crippen LogP contribution in [0, 0.1) is 0 Å². The highest BCUT2D eigenvalue weighted by molar-refractivity contribution is 6.26. The molecule has 0 amide bonds. The molecular formula is C18H20ClN. The van der Waals surface area contributed by atoms with Crippen molar-refractivity contribution in [2.24, 2.45) is 0 Å². The van der Waals surface area contributed by atoms with Gasteiger partial charge in [0.2, 0.25) is 0 Å². The van der Waals surface area contributed by atoms with Gasteiger partial charge in [-0.05, 0) is 30.5 Å². The topological polar surface area (TPSA) is 12.0 Å². The Bertz CT molecular complexity index is 492. The molecule has 0 saturated carbocycles. The van der Waals surface area contributed by atoms with Gasteiger partial charge in [-0.25, -0.2) is 0 Å². The highest BCUT2D eigenvalue weighted by Gasteiger charge is 2.40. The van der Waals surface area contributed by atoms with Crippen molar-refractivity contribution in [1.29, 1.82) is 0 Å². The number of hydrogen-bond acceptors (Lipinski definition) is 1. The molecule has 1 fully saturated rings. The summed E-state index contributed by atoms with van der Waals surface area (Å²) in [6.07, 6.45) is 3.60. The smallest absolute Gasteiger partial charge is 0.110 e. The van der Waals surface area contributed by atoms with Gasteiger partial charge in [-0.3, -0.25) is 0 Å². The van der Waals surface area contributed by atoms with Crippen LogP contribution in [0.5, 0.6) is 0 Å². The number of hydrogen-bond donors (Lipinski definition) is 1. The molecule has 20 heavy (non-hydrogen) atoms. The van der Waals surface area contributed by atoms with Gasteiger partial charge >= 0.3 is 0 Å². The van der Waals surface area contributed by atoms with Gasteiger partial charge in [0.1, 0.15) is 4.87 Å². The Morgan fingerprint density at radius 1 is 0.850 bits per heavy atom. The molecule has 0 aliphatic carbocycles. The average molecular weight is 286 g/mol. The van der Waals surface area contributed by atoms with Crippen LogP contribution in [0.1, 0.15) is 30.4 Å². The number of piperidine rings is 1. The first-order chi connectivity index (χ1) is 9.82. The predicted molar refractivity (Wildman–Crippen MR) is 85.2 cm³/mol. The molecule has 104 valence electrons. The first kappa shape index (κ1) is 13.7. The summed E-state index contributed by atoms with van der Waals surface area (Å²) in [4.78, 5) is -0.483. The van der Waals surface area contributed by atoms with E-state index in [1.807, 2.05) is 12.1 Å². The summed E-state index contributed by atoms with van der Waals surface area (Å²) in [5.74, 6) is 0. The molecular weight excluding hydrogens is 266 g/mol. The van der Waals surface area contributed by atoms with Gasteiger partial charge in [-0.2, -0.15) is 0 Å². The van der Waals surface area contributed by atoms with Crippen LogP contribution >= 0.6 is 11.6 Å². The molecule has 0 spiro atoms. The van der Waals surface area contributed by atoms with Crippen LogP contribution in [0.3, 0.4) is 0 Å². The van der Waals surface area contributed by atoms with E-state index in [1.54, 1.807) is 0 Å². The first-order valence-corrected chi connectivity index (χ1v) is 7.73. The summed E-state index contributed by atoms with van der Waals surface area (Å²) in [6.45, 7) is 1.05. The highest BCUT2D eigenvalue weighted by atomic mass is 35.5. The fourth-order valence-electron chi connectivity index (χ4n) is 3.12. The largest absolute Gasteiger partial charge is 0.312 e. The summed E-state index contributed by atoms with van der Waals surface area (Å²) < 4.78 is 0. The van der Waals surface area contributed by atoms with E-state index in [1.165, 1.54) is 24.0 Å². The Morgan fingerprint density at radius 2 is 1.40 bits per heavy atom. The maximum absolute atomic E-state index is 7.21. The van der Waals surface area contributed by atoms with Crippen LogP contribution in [0.25, 0.3) is 0 Å². The zero-order valence-corrected chi connectivity index (χ0v) is 12.3. The molecule has 1 unspecified atom stereocenters. The second kappa shape index (κ2) is 5.99. The minimum absolute atomic E-state index is 0.280. The van der Waals surface area contributed by atoms with Gasteiger partial charge in [0, 0.05) is 6.04 Å².